The molecule has 0 saturated heterocycles. The van der Waals surface area contributed by atoms with E-state index in [4.69, 9.17) is 9.88 Å². The fourth-order valence-corrected chi connectivity index (χ4v) is 4.75. The summed E-state index contributed by atoms with van der Waals surface area (Å²) < 4.78 is 33.8. The molecule has 5 rings (SSSR count). The Morgan fingerprint density at radius 1 is 1.06 bits per heavy atom. The number of fused-ring (bicyclic) bond motifs is 2. The van der Waals surface area contributed by atoms with Gasteiger partial charge in [0.2, 0.25) is 0 Å². The molecule has 7 heteroatoms. The predicted molar refractivity (Wildman–Crippen MR) is 117 cm³/mol. The Bertz CT molecular complexity index is 1200. The summed E-state index contributed by atoms with van der Waals surface area (Å²) in [5.74, 6) is -0.515. The third-order valence-corrected chi connectivity index (χ3v) is 6.42. The molecule has 4 nitrogen and oxygen atoms in total. The number of anilines is 1. The number of carbonyl (C=O) groups is 1. The number of halogens is 2. The standard InChI is InChI=1S/C24H20F2N2O2S/c1-13-8-15-2-5-18(31-27)12-21(15)28(13)24(29)23-10-16-9-14(3-7-22(16)30-23)19-11-17(25)4-6-20(19)26/h2-7,9,11-13,23H,8,10,27H2,1H3. The van der Waals surface area contributed by atoms with Gasteiger partial charge in [-0.3, -0.25) is 9.93 Å². The van der Waals surface area contributed by atoms with Crippen molar-refractivity contribution < 1.29 is 18.3 Å². The Labute approximate surface area is 183 Å². The molecule has 0 bridgehead atoms. The van der Waals surface area contributed by atoms with E-state index >= 15 is 0 Å². The number of rotatable bonds is 3. The number of nitrogens with two attached hydrogens (primary N) is 1. The van der Waals surface area contributed by atoms with E-state index in [1.54, 1.807) is 23.1 Å². The van der Waals surface area contributed by atoms with Crippen molar-refractivity contribution in [2.45, 2.75) is 36.8 Å². The van der Waals surface area contributed by atoms with Crippen LogP contribution in [0.3, 0.4) is 0 Å². The molecule has 3 aromatic rings. The minimum absolute atomic E-state index is 0.0183. The molecule has 0 radical (unpaired) electrons. The second kappa shape index (κ2) is 7.66. The van der Waals surface area contributed by atoms with Gasteiger partial charge in [-0.1, -0.05) is 12.1 Å². The maximum Gasteiger partial charge on any atom is 0.268 e. The van der Waals surface area contributed by atoms with E-state index in [1.165, 1.54) is 6.07 Å². The fourth-order valence-electron chi connectivity index (χ4n) is 4.42. The van der Waals surface area contributed by atoms with E-state index in [-0.39, 0.29) is 17.5 Å². The Hall–Kier alpha value is -2.90. The largest absolute Gasteiger partial charge is 0.480 e. The Morgan fingerprint density at radius 2 is 1.90 bits per heavy atom. The highest BCUT2D eigenvalue weighted by Crippen LogP contribution is 2.38. The molecule has 2 unspecified atom stereocenters. The van der Waals surface area contributed by atoms with Gasteiger partial charge in [-0.15, -0.1) is 0 Å². The van der Waals surface area contributed by atoms with E-state index in [0.717, 1.165) is 52.2 Å². The van der Waals surface area contributed by atoms with Gasteiger partial charge in [0.15, 0.2) is 6.10 Å². The Balaban J connectivity index is 1.42. The first-order valence-corrected chi connectivity index (χ1v) is 10.9. The Morgan fingerprint density at radius 3 is 2.71 bits per heavy atom. The smallest absolute Gasteiger partial charge is 0.268 e. The number of carbonyl (C=O) groups excluding carboxylic acids is 1. The summed E-state index contributed by atoms with van der Waals surface area (Å²) in [6.07, 6.45) is 0.493. The maximum atomic E-state index is 14.2. The fraction of sp³-hybridized carbons (Fsp3) is 0.208. The van der Waals surface area contributed by atoms with Crippen LogP contribution in [0.2, 0.25) is 0 Å². The average Bonchev–Trinajstić information content (AvgIpc) is 3.34. The molecule has 0 aromatic heterocycles. The molecule has 2 aliphatic rings. The summed E-state index contributed by atoms with van der Waals surface area (Å²) in [4.78, 5) is 16.1. The van der Waals surface area contributed by atoms with E-state index in [2.05, 4.69) is 0 Å². The van der Waals surface area contributed by atoms with Crippen molar-refractivity contribution in [2.75, 3.05) is 4.90 Å². The molecule has 2 heterocycles. The van der Waals surface area contributed by atoms with Crippen LogP contribution in [0.1, 0.15) is 18.1 Å². The molecule has 0 fully saturated rings. The van der Waals surface area contributed by atoms with Crippen molar-refractivity contribution in [3.8, 4) is 16.9 Å². The van der Waals surface area contributed by atoms with E-state index in [9.17, 15) is 13.6 Å². The Kier molecular flexibility index (Phi) is 4.95. The lowest BCUT2D eigenvalue weighted by atomic mass is 10.00. The molecule has 158 valence electrons. The third-order valence-electron chi connectivity index (χ3n) is 5.90. The molecule has 2 atom stereocenters. The van der Waals surface area contributed by atoms with Crippen molar-refractivity contribution in [2.24, 2.45) is 5.14 Å². The number of nitrogens with zero attached hydrogens (tertiary/aromatic N) is 1. The van der Waals surface area contributed by atoms with Gasteiger partial charge < -0.3 is 9.64 Å². The molecule has 31 heavy (non-hydrogen) atoms. The first-order chi connectivity index (χ1) is 14.9. The highest BCUT2D eigenvalue weighted by Gasteiger charge is 2.39. The summed E-state index contributed by atoms with van der Waals surface area (Å²) in [5.41, 5.74) is 3.52. The number of hydrogen-bond donors (Lipinski definition) is 1. The van der Waals surface area contributed by atoms with Gasteiger partial charge in [-0.2, -0.15) is 0 Å². The molecular weight excluding hydrogens is 418 g/mol. The maximum absolute atomic E-state index is 14.2. The third kappa shape index (κ3) is 3.47. The lowest BCUT2D eigenvalue weighted by molar-refractivity contribution is -0.124. The van der Waals surface area contributed by atoms with Gasteiger partial charge in [0.25, 0.3) is 5.91 Å². The SMILES string of the molecule is CC1Cc2ccc(SN)cc2N1C(=O)C1Cc2cc(-c3cc(F)ccc3F)ccc2O1. The van der Waals surface area contributed by atoms with Crippen molar-refractivity contribution in [1.29, 1.82) is 0 Å². The van der Waals surface area contributed by atoms with Gasteiger partial charge >= 0.3 is 0 Å². The molecule has 3 aromatic carbocycles. The summed E-state index contributed by atoms with van der Waals surface area (Å²) >= 11 is 1.15. The molecule has 2 N–H and O–H groups in total. The van der Waals surface area contributed by atoms with Crippen LogP contribution in [0, 0.1) is 11.6 Å². The quantitative estimate of drug-likeness (QED) is 0.593. The van der Waals surface area contributed by atoms with Crippen molar-refractivity contribution in [3.63, 3.8) is 0 Å². The monoisotopic (exact) mass is 438 g/mol. The van der Waals surface area contributed by atoms with E-state index in [1.807, 2.05) is 25.1 Å². The zero-order valence-corrected chi connectivity index (χ0v) is 17.6. The number of hydrogen-bond acceptors (Lipinski definition) is 4. The molecule has 0 saturated carbocycles. The molecule has 2 aliphatic heterocycles. The van der Waals surface area contributed by atoms with Crippen LogP contribution in [0.4, 0.5) is 14.5 Å². The van der Waals surface area contributed by atoms with Crippen molar-refractivity contribution in [1.82, 2.24) is 0 Å². The molecule has 1 amide bonds. The van der Waals surface area contributed by atoms with Gasteiger partial charge in [0.1, 0.15) is 17.4 Å². The van der Waals surface area contributed by atoms with E-state index in [0.29, 0.717) is 17.7 Å². The van der Waals surface area contributed by atoms with Gasteiger partial charge in [0, 0.05) is 28.6 Å². The normalized spacial score (nSPS) is 19.2. The average molecular weight is 438 g/mol. The van der Waals surface area contributed by atoms with Crippen LogP contribution in [-0.2, 0) is 17.6 Å². The van der Waals surface area contributed by atoms with Gasteiger partial charge in [0.05, 0.1) is 0 Å². The lowest BCUT2D eigenvalue weighted by Crippen LogP contribution is -2.44. The minimum Gasteiger partial charge on any atom is -0.480 e. The van der Waals surface area contributed by atoms with Crippen LogP contribution in [0.5, 0.6) is 5.75 Å². The first kappa shape index (κ1) is 20.0. The molecule has 0 aliphatic carbocycles. The zero-order chi connectivity index (χ0) is 21.7. The summed E-state index contributed by atoms with van der Waals surface area (Å²) in [6.45, 7) is 2.01. The first-order valence-electron chi connectivity index (χ1n) is 10.0. The summed E-state index contributed by atoms with van der Waals surface area (Å²) in [7, 11) is 0. The minimum atomic E-state index is -0.662. The number of ether oxygens (including phenoxy) is 1. The van der Waals surface area contributed by atoms with Gasteiger partial charge in [-0.05, 0) is 84.4 Å². The van der Waals surface area contributed by atoms with Crippen LogP contribution >= 0.6 is 11.9 Å². The highest BCUT2D eigenvalue weighted by atomic mass is 32.2. The van der Waals surface area contributed by atoms with E-state index < -0.39 is 17.7 Å². The van der Waals surface area contributed by atoms with Crippen LogP contribution < -0.4 is 14.8 Å². The van der Waals surface area contributed by atoms with Gasteiger partial charge in [-0.25, -0.2) is 8.78 Å². The van der Waals surface area contributed by atoms with Crippen LogP contribution in [0.25, 0.3) is 11.1 Å². The molecular formula is C24H20F2N2O2S. The zero-order valence-electron chi connectivity index (χ0n) is 16.8. The van der Waals surface area contributed by atoms with Crippen molar-refractivity contribution >= 4 is 23.5 Å². The van der Waals surface area contributed by atoms with Crippen LogP contribution in [-0.4, -0.2) is 18.1 Å². The predicted octanol–water partition coefficient (Wildman–Crippen LogP) is 4.88. The molecule has 0 spiro atoms. The second-order valence-corrected chi connectivity index (χ2v) is 8.63. The summed E-state index contributed by atoms with van der Waals surface area (Å²) in [6, 6.07) is 14.5. The van der Waals surface area contributed by atoms with Crippen LogP contribution in [0.15, 0.2) is 59.5 Å². The second-order valence-electron chi connectivity index (χ2n) is 7.93. The highest BCUT2D eigenvalue weighted by molar-refractivity contribution is 7.97. The number of benzene rings is 3. The van der Waals surface area contributed by atoms with Crippen molar-refractivity contribution in [3.05, 3.63) is 77.4 Å². The summed E-state index contributed by atoms with van der Waals surface area (Å²) in [5, 5.41) is 5.70. The lowest BCUT2D eigenvalue weighted by Gasteiger charge is -2.25. The number of amides is 1. The topological polar surface area (TPSA) is 55.6 Å².